The first-order valence-corrected chi connectivity index (χ1v) is 7.00. The number of benzene rings is 2. The van der Waals surface area contributed by atoms with Crippen LogP contribution in [0.4, 0.5) is 0 Å². The van der Waals surface area contributed by atoms with Crippen molar-refractivity contribution in [1.82, 2.24) is 0 Å². The van der Waals surface area contributed by atoms with Crippen LogP contribution in [0.1, 0.15) is 11.1 Å². The average molecular weight is 348 g/mol. The molecular weight excluding hydrogens is 334 g/mol. The van der Waals surface area contributed by atoms with Gasteiger partial charge in [0, 0.05) is 16.1 Å². The average Bonchev–Trinajstić information content (AvgIpc) is 2.54. The Labute approximate surface area is 132 Å². The minimum atomic E-state index is 0.361. The van der Waals surface area contributed by atoms with Crippen molar-refractivity contribution < 1.29 is 14.2 Å². The van der Waals surface area contributed by atoms with Gasteiger partial charge in [0.15, 0.2) is 11.5 Å². The first-order chi connectivity index (χ1) is 10.2. The van der Waals surface area contributed by atoms with E-state index in [1.54, 1.807) is 32.4 Å². The molecule has 21 heavy (non-hydrogen) atoms. The summed E-state index contributed by atoms with van der Waals surface area (Å²) in [5, 5.41) is 8.88. The summed E-state index contributed by atoms with van der Waals surface area (Å²) >= 11 is 3.48. The third-order valence-corrected chi connectivity index (χ3v) is 3.70. The third-order valence-electron chi connectivity index (χ3n) is 2.93. The Hall–Kier alpha value is -2.19. The molecule has 4 nitrogen and oxygen atoms in total. The topological polar surface area (TPSA) is 51.5 Å². The molecule has 0 spiro atoms. The van der Waals surface area contributed by atoms with Crippen LogP contribution in [0, 0.1) is 11.3 Å². The van der Waals surface area contributed by atoms with E-state index in [9.17, 15) is 0 Å². The van der Waals surface area contributed by atoms with Crippen LogP contribution in [-0.2, 0) is 6.61 Å². The third kappa shape index (κ3) is 3.67. The van der Waals surface area contributed by atoms with Crippen molar-refractivity contribution in [3.05, 3.63) is 52.0 Å². The lowest BCUT2D eigenvalue weighted by Crippen LogP contribution is -1.99. The van der Waals surface area contributed by atoms with Gasteiger partial charge in [-0.05, 0) is 30.3 Å². The zero-order chi connectivity index (χ0) is 15.2. The second-order valence-corrected chi connectivity index (χ2v) is 5.08. The minimum Gasteiger partial charge on any atom is -0.497 e. The molecule has 0 fully saturated rings. The molecule has 0 aliphatic carbocycles. The van der Waals surface area contributed by atoms with Gasteiger partial charge in [-0.25, -0.2) is 0 Å². The van der Waals surface area contributed by atoms with Crippen LogP contribution in [0.15, 0.2) is 40.9 Å². The molecule has 2 aromatic carbocycles. The van der Waals surface area contributed by atoms with Crippen molar-refractivity contribution in [2.75, 3.05) is 14.2 Å². The van der Waals surface area contributed by atoms with Gasteiger partial charge in [-0.2, -0.15) is 5.26 Å². The zero-order valence-electron chi connectivity index (χ0n) is 11.7. The van der Waals surface area contributed by atoms with Gasteiger partial charge in [0.1, 0.15) is 12.4 Å². The van der Waals surface area contributed by atoms with Crippen molar-refractivity contribution in [3.63, 3.8) is 0 Å². The molecule has 0 atom stereocenters. The highest BCUT2D eigenvalue weighted by Gasteiger charge is 2.08. The van der Waals surface area contributed by atoms with Crippen molar-refractivity contribution >= 4 is 15.9 Å². The minimum absolute atomic E-state index is 0.361. The van der Waals surface area contributed by atoms with Crippen LogP contribution in [0.2, 0.25) is 0 Å². The van der Waals surface area contributed by atoms with Crippen molar-refractivity contribution in [2.24, 2.45) is 0 Å². The van der Waals surface area contributed by atoms with Crippen LogP contribution in [-0.4, -0.2) is 14.2 Å². The van der Waals surface area contributed by atoms with E-state index >= 15 is 0 Å². The molecule has 0 aliphatic heterocycles. The van der Waals surface area contributed by atoms with Gasteiger partial charge in [-0.15, -0.1) is 0 Å². The molecule has 0 aliphatic rings. The Morgan fingerprint density at radius 3 is 2.52 bits per heavy atom. The Morgan fingerprint density at radius 2 is 1.86 bits per heavy atom. The summed E-state index contributed by atoms with van der Waals surface area (Å²) in [6.07, 6.45) is 0. The summed E-state index contributed by atoms with van der Waals surface area (Å²) in [6, 6.07) is 12.8. The van der Waals surface area contributed by atoms with E-state index in [0.717, 1.165) is 15.8 Å². The Balaban J connectivity index is 2.18. The maximum Gasteiger partial charge on any atom is 0.162 e. The number of hydrogen-bond donors (Lipinski definition) is 0. The summed E-state index contributed by atoms with van der Waals surface area (Å²) in [5.41, 5.74) is 1.49. The van der Waals surface area contributed by atoms with Crippen molar-refractivity contribution in [2.45, 2.75) is 6.61 Å². The molecule has 0 saturated carbocycles. The number of methoxy groups -OCH3 is 2. The molecule has 108 valence electrons. The maximum absolute atomic E-state index is 8.88. The van der Waals surface area contributed by atoms with E-state index in [-0.39, 0.29) is 0 Å². The van der Waals surface area contributed by atoms with E-state index in [1.165, 1.54) is 0 Å². The smallest absolute Gasteiger partial charge is 0.162 e. The molecule has 0 radical (unpaired) electrons. The molecule has 0 N–H and O–H groups in total. The highest BCUT2D eigenvalue weighted by molar-refractivity contribution is 9.10. The number of ether oxygens (including phenoxy) is 3. The predicted molar refractivity (Wildman–Crippen MR) is 82.7 cm³/mol. The van der Waals surface area contributed by atoms with Gasteiger partial charge < -0.3 is 14.2 Å². The quantitative estimate of drug-likeness (QED) is 0.822. The Kier molecular flexibility index (Phi) is 5.07. The number of nitrogens with zero attached hydrogens (tertiary/aromatic N) is 1. The summed E-state index contributed by atoms with van der Waals surface area (Å²) in [5.74, 6) is 1.89. The van der Waals surface area contributed by atoms with Crippen LogP contribution in [0.25, 0.3) is 0 Å². The molecule has 2 aromatic rings. The fourth-order valence-corrected chi connectivity index (χ4v) is 2.16. The lowest BCUT2D eigenvalue weighted by molar-refractivity contribution is 0.283. The molecular formula is C16H14BrNO3. The molecule has 0 amide bonds. The van der Waals surface area contributed by atoms with Crippen LogP contribution in [0.3, 0.4) is 0 Å². The first kappa shape index (κ1) is 15.2. The maximum atomic E-state index is 8.88. The van der Waals surface area contributed by atoms with Gasteiger partial charge in [-0.1, -0.05) is 15.9 Å². The molecule has 0 heterocycles. The number of rotatable bonds is 5. The fraction of sp³-hybridized carbons (Fsp3) is 0.188. The van der Waals surface area contributed by atoms with E-state index in [1.807, 2.05) is 18.2 Å². The number of halogens is 1. The second kappa shape index (κ2) is 7.00. The van der Waals surface area contributed by atoms with E-state index in [0.29, 0.717) is 23.7 Å². The van der Waals surface area contributed by atoms with Crippen LogP contribution >= 0.6 is 15.9 Å². The van der Waals surface area contributed by atoms with Crippen molar-refractivity contribution in [3.8, 4) is 23.3 Å². The molecule has 0 bridgehead atoms. The van der Waals surface area contributed by atoms with Gasteiger partial charge in [0.25, 0.3) is 0 Å². The number of hydrogen-bond acceptors (Lipinski definition) is 4. The van der Waals surface area contributed by atoms with Gasteiger partial charge in [0.2, 0.25) is 0 Å². The predicted octanol–water partition coefficient (Wildman–Crippen LogP) is 3.92. The highest BCUT2D eigenvalue weighted by Crippen LogP contribution is 2.30. The summed E-state index contributed by atoms with van der Waals surface area (Å²) < 4.78 is 17.2. The molecule has 0 saturated heterocycles. The van der Waals surface area contributed by atoms with Crippen LogP contribution in [0.5, 0.6) is 17.2 Å². The monoisotopic (exact) mass is 347 g/mol. The second-order valence-electron chi connectivity index (χ2n) is 4.22. The van der Waals surface area contributed by atoms with Gasteiger partial charge in [0.05, 0.1) is 25.9 Å². The normalized spacial score (nSPS) is 9.81. The van der Waals surface area contributed by atoms with Gasteiger partial charge >= 0.3 is 0 Å². The molecule has 2 rings (SSSR count). The van der Waals surface area contributed by atoms with Crippen molar-refractivity contribution in [1.29, 1.82) is 5.26 Å². The van der Waals surface area contributed by atoms with Crippen LogP contribution < -0.4 is 14.2 Å². The number of nitriles is 1. The standard InChI is InChI=1S/C16H14BrNO3/c1-19-13-4-5-14(17)12(8-13)10-21-15-6-3-11(9-18)7-16(15)20-2/h3-8H,10H2,1-2H3. The Bertz CT molecular complexity index is 680. The molecule has 0 unspecified atom stereocenters. The van der Waals surface area contributed by atoms with E-state index in [4.69, 9.17) is 19.5 Å². The largest absolute Gasteiger partial charge is 0.497 e. The lowest BCUT2D eigenvalue weighted by Gasteiger charge is -2.12. The van der Waals surface area contributed by atoms with E-state index in [2.05, 4.69) is 22.0 Å². The highest BCUT2D eigenvalue weighted by atomic mass is 79.9. The molecule has 5 heteroatoms. The first-order valence-electron chi connectivity index (χ1n) is 6.21. The fourth-order valence-electron chi connectivity index (χ4n) is 1.80. The SMILES string of the molecule is COc1ccc(Br)c(COc2ccc(C#N)cc2OC)c1. The summed E-state index contributed by atoms with van der Waals surface area (Å²) in [6.45, 7) is 0.361. The molecule has 0 aromatic heterocycles. The van der Waals surface area contributed by atoms with Gasteiger partial charge in [-0.3, -0.25) is 0 Å². The summed E-state index contributed by atoms with van der Waals surface area (Å²) in [4.78, 5) is 0. The zero-order valence-corrected chi connectivity index (χ0v) is 13.3. The Morgan fingerprint density at radius 1 is 1.05 bits per heavy atom. The lowest BCUT2D eigenvalue weighted by atomic mass is 10.2. The summed E-state index contributed by atoms with van der Waals surface area (Å²) in [7, 11) is 3.17. The van der Waals surface area contributed by atoms with E-state index < -0.39 is 0 Å².